The topological polar surface area (TPSA) is 48.3 Å². The van der Waals surface area contributed by atoms with E-state index in [0.717, 1.165) is 45.7 Å². The molecule has 1 aliphatic heterocycles. The average Bonchev–Trinajstić information content (AvgIpc) is 2.50. The van der Waals surface area contributed by atoms with Gasteiger partial charge in [-0.3, -0.25) is 14.8 Å². The highest BCUT2D eigenvalue weighted by molar-refractivity contribution is 5.84. The molecule has 5 nitrogen and oxygen atoms in total. The first-order valence-corrected chi connectivity index (χ1v) is 8.02. The Morgan fingerprint density at radius 3 is 2.33 bits per heavy atom. The van der Waals surface area contributed by atoms with E-state index in [2.05, 4.69) is 53.9 Å². The summed E-state index contributed by atoms with van der Waals surface area (Å²) in [6.07, 6.45) is 3.10. The van der Waals surface area contributed by atoms with E-state index >= 15 is 0 Å². The molecule has 0 bridgehead atoms. The molecule has 1 saturated heterocycles. The molecule has 1 heterocycles. The lowest BCUT2D eigenvalue weighted by Crippen LogP contribution is -2.47. The van der Waals surface area contributed by atoms with E-state index in [4.69, 9.17) is 0 Å². The summed E-state index contributed by atoms with van der Waals surface area (Å²) in [5.74, 6) is 0.509. The smallest absolute Gasteiger partial charge is 0.0938 e. The van der Waals surface area contributed by atoms with E-state index < -0.39 is 0 Å². The van der Waals surface area contributed by atoms with Crippen LogP contribution in [0.4, 0.5) is 0 Å². The standard InChI is InChI=1S/C16H30N4O/c1-5-16(12-17-15(4)14(2)3)13-20-10-8-19(9-11-20)7-6-18-21/h12,14H,5-11,13H2,1-4H3/b16-12+,17-15?. The molecule has 5 heteroatoms. The summed E-state index contributed by atoms with van der Waals surface area (Å²) in [6.45, 7) is 15.0. The van der Waals surface area contributed by atoms with Crippen molar-refractivity contribution in [2.45, 2.75) is 34.1 Å². The summed E-state index contributed by atoms with van der Waals surface area (Å²) in [4.78, 5) is 19.5. The number of rotatable bonds is 8. The highest BCUT2D eigenvalue weighted by atomic mass is 16.3. The SMILES string of the molecule is CC/C(=C\N=C(C)C(C)C)CN1CCN(CCN=O)CC1. The highest BCUT2D eigenvalue weighted by Crippen LogP contribution is 2.09. The van der Waals surface area contributed by atoms with Crippen molar-refractivity contribution in [3.05, 3.63) is 16.7 Å². The first kappa shape index (κ1) is 18.0. The molecule has 0 atom stereocenters. The molecule has 0 spiro atoms. The number of nitroso groups, excluding NO2 is 1. The second kappa shape index (κ2) is 9.79. The van der Waals surface area contributed by atoms with Crippen molar-refractivity contribution in [3.8, 4) is 0 Å². The zero-order chi connectivity index (χ0) is 15.7. The van der Waals surface area contributed by atoms with Crippen LogP contribution in [0.15, 0.2) is 21.9 Å². The molecule has 0 aromatic carbocycles. The first-order chi connectivity index (χ1) is 10.1. The predicted molar refractivity (Wildman–Crippen MR) is 89.9 cm³/mol. The van der Waals surface area contributed by atoms with Gasteiger partial charge in [0, 0.05) is 51.2 Å². The molecule has 0 saturated carbocycles. The van der Waals surface area contributed by atoms with Crippen LogP contribution in [0.2, 0.25) is 0 Å². The van der Waals surface area contributed by atoms with E-state index in [9.17, 15) is 4.91 Å². The Kier molecular flexibility index (Phi) is 8.38. The van der Waals surface area contributed by atoms with Crippen molar-refractivity contribution in [2.75, 3.05) is 45.8 Å². The molecule has 1 aliphatic rings. The van der Waals surface area contributed by atoms with Gasteiger partial charge < -0.3 is 0 Å². The molecule has 1 fully saturated rings. The predicted octanol–water partition coefficient (Wildman–Crippen LogP) is 2.78. The van der Waals surface area contributed by atoms with Gasteiger partial charge in [0.05, 0.1) is 6.54 Å². The molecule has 0 amide bonds. The Hall–Kier alpha value is -1.07. The van der Waals surface area contributed by atoms with Gasteiger partial charge in [0.25, 0.3) is 0 Å². The fraction of sp³-hybridized carbons (Fsp3) is 0.812. The minimum absolute atomic E-state index is 0.406. The lowest BCUT2D eigenvalue weighted by Gasteiger charge is -2.34. The van der Waals surface area contributed by atoms with Crippen LogP contribution < -0.4 is 0 Å². The minimum Gasteiger partial charge on any atom is -0.299 e. The van der Waals surface area contributed by atoms with Crippen LogP contribution in [0.25, 0.3) is 0 Å². The van der Waals surface area contributed by atoms with Crippen molar-refractivity contribution in [3.63, 3.8) is 0 Å². The molecule has 0 radical (unpaired) electrons. The molecule has 0 N–H and O–H groups in total. The van der Waals surface area contributed by atoms with Gasteiger partial charge >= 0.3 is 0 Å². The lowest BCUT2D eigenvalue weighted by atomic mass is 10.1. The summed E-state index contributed by atoms with van der Waals surface area (Å²) in [5, 5.41) is 2.94. The lowest BCUT2D eigenvalue weighted by molar-refractivity contribution is 0.143. The van der Waals surface area contributed by atoms with E-state index in [1.807, 2.05) is 0 Å². The van der Waals surface area contributed by atoms with Crippen LogP contribution in [-0.4, -0.2) is 61.3 Å². The fourth-order valence-corrected chi connectivity index (χ4v) is 2.23. The summed E-state index contributed by atoms with van der Waals surface area (Å²) >= 11 is 0. The summed E-state index contributed by atoms with van der Waals surface area (Å²) in [7, 11) is 0. The fourth-order valence-electron chi connectivity index (χ4n) is 2.23. The highest BCUT2D eigenvalue weighted by Gasteiger charge is 2.16. The molecular weight excluding hydrogens is 264 g/mol. The van der Waals surface area contributed by atoms with Gasteiger partial charge in [0.1, 0.15) is 0 Å². The van der Waals surface area contributed by atoms with Gasteiger partial charge in [-0.15, -0.1) is 0 Å². The summed E-state index contributed by atoms with van der Waals surface area (Å²) in [6, 6.07) is 0. The van der Waals surface area contributed by atoms with Gasteiger partial charge in [0.15, 0.2) is 0 Å². The summed E-state index contributed by atoms with van der Waals surface area (Å²) < 4.78 is 0. The molecule has 0 aromatic rings. The first-order valence-electron chi connectivity index (χ1n) is 8.02. The van der Waals surface area contributed by atoms with Gasteiger partial charge in [-0.2, -0.15) is 4.91 Å². The zero-order valence-corrected chi connectivity index (χ0v) is 14.0. The van der Waals surface area contributed by atoms with Crippen LogP contribution in [0.5, 0.6) is 0 Å². The van der Waals surface area contributed by atoms with E-state index in [1.165, 1.54) is 11.3 Å². The van der Waals surface area contributed by atoms with Crippen molar-refractivity contribution in [2.24, 2.45) is 16.1 Å². The molecule has 120 valence electrons. The Labute approximate surface area is 129 Å². The van der Waals surface area contributed by atoms with Crippen LogP contribution in [-0.2, 0) is 0 Å². The number of piperazine rings is 1. The van der Waals surface area contributed by atoms with Crippen LogP contribution in [0.1, 0.15) is 34.1 Å². The maximum atomic E-state index is 10.2. The van der Waals surface area contributed by atoms with Gasteiger partial charge in [-0.05, 0) is 24.8 Å². The largest absolute Gasteiger partial charge is 0.299 e. The Bertz CT molecular complexity index is 368. The van der Waals surface area contributed by atoms with Crippen LogP contribution in [0, 0.1) is 10.8 Å². The van der Waals surface area contributed by atoms with Gasteiger partial charge in [-0.1, -0.05) is 25.9 Å². The molecule has 0 aromatic heterocycles. The number of nitrogens with zero attached hydrogens (tertiary/aromatic N) is 4. The molecule has 1 rings (SSSR count). The van der Waals surface area contributed by atoms with Crippen LogP contribution >= 0.6 is 0 Å². The normalized spacial score (nSPS) is 19.3. The summed E-state index contributed by atoms with van der Waals surface area (Å²) in [5.41, 5.74) is 2.57. The maximum absolute atomic E-state index is 10.2. The third-order valence-electron chi connectivity index (χ3n) is 4.14. The van der Waals surface area contributed by atoms with Gasteiger partial charge in [-0.25, -0.2) is 0 Å². The van der Waals surface area contributed by atoms with Crippen molar-refractivity contribution < 1.29 is 0 Å². The molecular formula is C16H30N4O. The Morgan fingerprint density at radius 2 is 1.81 bits per heavy atom. The quantitative estimate of drug-likeness (QED) is 0.511. The Morgan fingerprint density at radius 1 is 1.19 bits per heavy atom. The molecule has 0 unspecified atom stereocenters. The van der Waals surface area contributed by atoms with Crippen molar-refractivity contribution in [1.82, 2.24) is 9.80 Å². The third-order valence-corrected chi connectivity index (χ3v) is 4.14. The minimum atomic E-state index is 0.406. The van der Waals surface area contributed by atoms with Crippen molar-refractivity contribution >= 4 is 5.71 Å². The third kappa shape index (κ3) is 6.96. The number of hydrogen-bond donors (Lipinski definition) is 0. The number of hydrogen-bond acceptors (Lipinski definition) is 5. The van der Waals surface area contributed by atoms with E-state index in [-0.39, 0.29) is 0 Å². The maximum Gasteiger partial charge on any atom is 0.0938 e. The van der Waals surface area contributed by atoms with E-state index in [0.29, 0.717) is 12.5 Å². The van der Waals surface area contributed by atoms with Crippen LogP contribution in [0.3, 0.4) is 0 Å². The van der Waals surface area contributed by atoms with Gasteiger partial charge in [0.2, 0.25) is 0 Å². The average molecular weight is 294 g/mol. The zero-order valence-electron chi connectivity index (χ0n) is 14.0. The Balaban J connectivity index is 2.43. The van der Waals surface area contributed by atoms with Crippen molar-refractivity contribution in [1.29, 1.82) is 0 Å². The second-order valence-corrected chi connectivity index (χ2v) is 6.04. The molecule has 21 heavy (non-hydrogen) atoms. The van der Waals surface area contributed by atoms with E-state index in [1.54, 1.807) is 0 Å². The number of aliphatic imine (C=N–C) groups is 1. The monoisotopic (exact) mass is 294 g/mol. The second-order valence-electron chi connectivity index (χ2n) is 6.04. The molecule has 0 aliphatic carbocycles.